The number of ketones is 1. The summed E-state index contributed by atoms with van der Waals surface area (Å²) >= 11 is 0. The summed E-state index contributed by atoms with van der Waals surface area (Å²) < 4.78 is 1.73. The Kier molecular flexibility index (Phi) is 1.99. The van der Waals surface area contributed by atoms with E-state index < -0.39 is 0 Å². The minimum atomic E-state index is 0.171. The number of aromatic nitrogens is 4. The molecule has 0 aromatic carbocycles. The SMILES string of the molecule is CCc1nc2ncc3c(n2n1)CCCC3=O. The summed E-state index contributed by atoms with van der Waals surface area (Å²) in [5.74, 6) is 1.55. The van der Waals surface area contributed by atoms with Crippen LogP contribution in [0.3, 0.4) is 0 Å². The minimum Gasteiger partial charge on any atom is -0.294 e. The van der Waals surface area contributed by atoms with Crippen molar-refractivity contribution in [3.63, 3.8) is 0 Å². The van der Waals surface area contributed by atoms with Crippen molar-refractivity contribution in [2.45, 2.75) is 32.6 Å². The van der Waals surface area contributed by atoms with Crippen molar-refractivity contribution in [1.82, 2.24) is 19.6 Å². The number of nitrogens with zero attached hydrogens (tertiary/aromatic N) is 4. The second-order valence-electron chi connectivity index (χ2n) is 3.99. The van der Waals surface area contributed by atoms with Gasteiger partial charge in [0, 0.05) is 19.0 Å². The first kappa shape index (κ1) is 9.45. The summed E-state index contributed by atoms with van der Waals surface area (Å²) in [4.78, 5) is 20.2. The fraction of sp³-hybridized carbons (Fsp3) is 0.455. The van der Waals surface area contributed by atoms with Gasteiger partial charge in [-0.3, -0.25) is 4.79 Å². The summed E-state index contributed by atoms with van der Waals surface area (Å²) in [6.07, 6.45) is 4.82. The van der Waals surface area contributed by atoms with Gasteiger partial charge in [-0.05, 0) is 12.8 Å². The molecule has 2 aromatic heterocycles. The van der Waals surface area contributed by atoms with Gasteiger partial charge in [0.05, 0.1) is 11.3 Å². The van der Waals surface area contributed by atoms with Crippen LogP contribution in [0.5, 0.6) is 0 Å². The van der Waals surface area contributed by atoms with E-state index in [4.69, 9.17) is 0 Å². The lowest BCUT2D eigenvalue weighted by Gasteiger charge is -2.13. The molecule has 0 aliphatic heterocycles. The molecule has 0 amide bonds. The molecule has 0 spiro atoms. The van der Waals surface area contributed by atoms with Gasteiger partial charge in [0.15, 0.2) is 11.6 Å². The summed E-state index contributed by atoms with van der Waals surface area (Å²) in [6.45, 7) is 2.01. The third kappa shape index (κ3) is 1.24. The Balaban J connectivity index is 2.29. The molecule has 0 saturated carbocycles. The Hall–Kier alpha value is -1.78. The average Bonchev–Trinajstić information content (AvgIpc) is 2.72. The third-order valence-corrected chi connectivity index (χ3v) is 2.94. The highest BCUT2D eigenvalue weighted by atomic mass is 16.1. The van der Waals surface area contributed by atoms with Crippen molar-refractivity contribution in [3.05, 3.63) is 23.3 Å². The van der Waals surface area contributed by atoms with E-state index in [0.29, 0.717) is 17.8 Å². The van der Waals surface area contributed by atoms with E-state index in [1.807, 2.05) is 6.92 Å². The second-order valence-corrected chi connectivity index (χ2v) is 3.99. The molecule has 82 valence electrons. The first-order valence-corrected chi connectivity index (χ1v) is 5.56. The number of hydrogen-bond acceptors (Lipinski definition) is 4. The largest absolute Gasteiger partial charge is 0.294 e. The van der Waals surface area contributed by atoms with Crippen molar-refractivity contribution in [1.29, 1.82) is 0 Å². The van der Waals surface area contributed by atoms with Crippen LogP contribution >= 0.6 is 0 Å². The van der Waals surface area contributed by atoms with Crippen LogP contribution < -0.4 is 0 Å². The van der Waals surface area contributed by atoms with Crippen molar-refractivity contribution >= 4 is 11.6 Å². The number of Topliss-reactive ketones (excluding diaryl/α,β-unsaturated/α-hetero) is 1. The summed E-state index contributed by atoms with van der Waals surface area (Å²) in [5.41, 5.74) is 1.68. The Morgan fingerprint density at radius 1 is 1.44 bits per heavy atom. The van der Waals surface area contributed by atoms with Crippen molar-refractivity contribution in [3.8, 4) is 0 Å². The Labute approximate surface area is 92.5 Å². The molecule has 3 rings (SSSR count). The predicted octanol–water partition coefficient (Wildman–Crippen LogP) is 1.21. The molecular weight excluding hydrogens is 204 g/mol. The molecule has 2 aromatic rings. The quantitative estimate of drug-likeness (QED) is 0.718. The van der Waals surface area contributed by atoms with Gasteiger partial charge in [-0.2, -0.15) is 4.98 Å². The number of carbonyl (C=O) groups is 1. The second kappa shape index (κ2) is 3.37. The lowest BCUT2D eigenvalue weighted by molar-refractivity contribution is 0.0970. The third-order valence-electron chi connectivity index (χ3n) is 2.94. The molecule has 1 aliphatic rings. The Morgan fingerprint density at radius 2 is 2.31 bits per heavy atom. The lowest BCUT2D eigenvalue weighted by Crippen LogP contribution is -2.16. The molecule has 0 unspecified atom stereocenters. The van der Waals surface area contributed by atoms with E-state index >= 15 is 0 Å². The van der Waals surface area contributed by atoms with Crippen LogP contribution in [0.2, 0.25) is 0 Å². The monoisotopic (exact) mass is 216 g/mol. The highest BCUT2D eigenvalue weighted by Crippen LogP contribution is 2.20. The molecule has 0 fully saturated rings. The zero-order valence-corrected chi connectivity index (χ0v) is 9.10. The minimum absolute atomic E-state index is 0.171. The van der Waals surface area contributed by atoms with E-state index in [1.54, 1.807) is 10.7 Å². The van der Waals surface area contributed by atoms with Crippen LogP contribution in [0, 0.1) is 0 Å². The van der Waals surface area contributed by atoms with Gasteiger partial charge in [-0.1, -0.05) is 6.92 Å². The molecule has 0 radical (unpaired) electrons. The molecule has 1 aliphatic carbocycles. The van der Waals surface area contributed by atoms with E-state index in [1.165, 1.54) is 0 Å². The first-order chi connectivity index (χ1) is 7.79. The van der Waals surface area contributed by atoms with Gasteiger partial charge in [0.25, 0.3) is 5.78 Å². The molecule has 5 nitrogen and oxygen atoms in total. The van der Waals surface area contributed by atoms with E-state index in [-0.39, 0.29) is 5.78 Å². The van der Waals surface area contributed by atoms with Crippen molar-refractivity contribution in [2.24, 2.45) is 0 Å². The highest BCUT2D eigenvalue weighted by molar-refractivity contribution is 5.97. The van der Waals surface area contributed by atoms with Gasteiger partial charge >= 0.3 is 0 Å². The molecule has 0 atom stereocenters. The number of hydrogen-bond donors (Lipinski definition) is 0. The Morgan fingerprint density at radius 3 is 3.12 bits per heavy atom. The smallest absolute Gasteiger partial charge is 0.252 e. The number of rotatable bonds is 1. The molecule has 16 heavy (non-hydrogen) atoms. The standard InChI is InChI=1S/C11H12N4O/c1-2-10-13-11-12-6-7-8(15(11)14-10)4-3-5-9(7)16/h6H,2-5H2,1H3. The van der Waals surface area contributed by atoms with E-state index in [9.17, 15) is 4.79 Å². The van der Waals surface area contributed by atoms with E-state index in [0.717, 1.165) is 30.8 Å². The molecule has 2 heterocycles. The molecule has 0 saturated heterocycles. The normalized spacial score (nSPS) is 15.4. The fourth-order valence-electron chi connectivity index (χ4n) is 2.10. The molecule has 0 N–H and O–H groups in total. The Bertz CT molecular complexity index is 573. The lowest BCUT2D eigenvalue weighted by atomic mass is 9.96. The van der Waals surface area contributed by atoms with Crippen LogP contribution in [0.15, 0.2) is 6.20 Å². The maximum atomic E-state index is 11.7. The molecular formula is C11H12N4O. The van der Waals surface area contributed by atoms with Gasteiger partial charge in [0.2, 0.25) is 0 Å². The van der Waals surface area contributed by atoms with Crippen LogP contribution in [-0.4, -0.2) is 25.4 Å². The summed E-state index contributed by atoms with van der Waals surface area (Å²) in [5, 5.41) is 4.37. The summed E-state index contributed by atoms with van der Waals surface area (Å²) in [6, 6.07) is 0. The maximum absolute atomic E-state index is 11.7. The zero-order valence-electron chi connectivity index (χ0n) is 9.10. The van der Waals surface area contributed by atoms with Gasteiger partial charge < -0.3 is 0 Å². The molecule has 0 bridgehead atoms. The van der Waals surface area contributed by atoms with Crippen LogP contribution in [0.25, 0.3) is 5.78 Å². The first-order valence-electron chi connectivity index (χ1n) is 5.56. The topological polar surface area (TPSA) is 60.1 Å². The molecule has 5 heteroatoms. The van der Waals surface area contributed by atoms with Crippen LogP contribution in [0.4, 0.5) is 0 Å². The number of fused-ring (bicyclic) bond motifs is 3. The van der Waals surface area contributed by atoms with Crippen molar-refractivity contribution in [2.75, 3.05) is 0 Å². The van der Waals surface area contributed by atoms with Crippen LogP contribution in [-0.2, 0) is 12.8 Å². The maximum Gasteiger partial charge on any atom is 0.252 e. The van der Waals surface area contributed by atoms with Crippen molar-refractivity contribution < 1.29 is 4.79 Å². The predicted molar refractivity (Wildman–Crippen MR) is 57.4 cm³/mol. The number of aryl methyl sites for hydroxylation is 2. The van der Waals surface area contributed by atoms with E-state index in [2.05, 4.69) is 15.1 Å². The average molecular weight is 216 g/mol. The van der Waals surface area contributed by atoms with Gasteiger partial charge in [-0.15, -0.1) is 5.10 Å². The van der Waals surface area contributed by atoms with Crippen LogP contribution in [0.1, 0.15) is 41.6 Å². The number of carbonyl (C=O) groups excluding carboxylic acids is 1. The summed E-state index contributed by atoms with van der Waals surface area (Å²) in [7, 11) is 0. The highest BCUT2D eigenvalue weighted by Gasteiger charge is 2.21. The van der Waals surface area contributed by atoms with Gasteiger partial charge in [-0.25, -0.2) is 9.50 Å². The fourth-order valence-corrected chi connectivity index (χ4v) is 2.10. The van der Waals surface area contributed by atoms with Gasteiger partial charge in [0.1, 0.15) is 0 Å². The zero-order chi connectivity index (χ0) is 11.1.